The summed E-state index contributed by atoms with van der Waals surface area (Å²) >= 11 is 0. The third-order valence-corrected chi connectivity index (χ3v) is 7.03. The second kappa shape index (κ2) is 15.1. The van der Waals surface area contributed by atoms with Crippen LogP contribution in [0.2, 0.25) is 0 Å². The summed E-state index contributed by atoms with van der Waals surface area (Å²) in [7, 11) is 1.15. The minimum Gasteiger partial charge on any atom is -0.489 e. The molecule has 46 heavy (non-hydrogen) atoms. The number of alkyl carbamates (subject to hydrolysis) is 1. The average molecular weight is 631 g/mol. The predicted octanol–water partition coefficient (Wildman–Crippen LogP) is 4.19. The minimum atomic E-state index is -1.25. The van der Waals surface area contributed by atoms with Gasteiger partial charge in [0.25, 0.3) is 5.91 Å². The molecule has 3 aromatic carbocycles. The highest BCUT2D eigenvalue weighted by atomic mass is 16.6. The van der Waals surface area contributed by atoms with Crippen LogP contribution in [0, 0.1) is 0 Å². The van der Waals surface area contributed by atoms with Crippen molar-refractivity contribution in [2.45, 2.75) is 63.8 Å². The molecule has 1 unspecified atom stereocenters. The van der Waals surface area contributed by atoms with E-state index in [2.05, 4.69) is 21.3 Å². The first-order chi connectivity index (χ1) is 21.9. The molecule has 0 aliphatic carbocycles. The molecule has 0 radical (unpaired) electrons. The minimum absolute atomic E-state index is 0.0107. The zero-order valence-electron chi connectivity index (χ0n) is 26.1. The summed E-state index contributed by atoms with van der Waals surface area (Å²) in [6, 6.07) is 20.2. The molecule has 3 atom stereocenters. The van der Waals surface area contributed by atoms with Gasteiger partial charge in [-0.25, -0.2) is 14.4 Å². The monoisotopic (exact) mass is 630 g/mol. The maximum atomic E-state index is 13.3. The smallest absolute Gasteiger partial charge is 0.408 e. The molecular formula is C34H38N4O8. The van der Waals surface area contributed by atoms with Crippen molar-refractivity contribution in [3.63, 3.8) is 0 Å². The van der Waals surface area contributed by atoms with E-state index in [0.717, 1.165) is 12.7 Å². The number of carbonyl (C=O) groups excluding carboxylic acids is 5. The average Bonchev–Trinajstić information content (AvgIpc) is 3.33. The van der Waals surface area contributed by atoms with Crippen LogP contribution in [-0.4, -0.2) is 54.7 Å². The zero-order valence-corrected chi connectivity index (χ0v) is 26.1. The molecule has 0 bridgehead atoms. The number of nitrogens with one attached hydrogen (secondary N) is 4. The van der Waals surface area contributed by atoms with E-state index in [-0.39, 0.29) is 18.7 Å². The van der Waals surface area contributed by atoms with Crippen molar-refractivity contribution in [3.05, 3.63) is 95.6 Å². The highest BCUT2D eigenvalue weighted by Crippen LogP contribution is 2.35. The van der Waals surface area contributed by atoms with Crippen LogP contribution in [0.3, 0.4) is 0 Å². The first-order valence-corrected chi connectivity index (χ1v) is 14.8. The Balaban J connectivity index is 1.42. The van der Waals surface area contributed by atoms with Crippen molar-refractivity contribution >= 4 is 35.6 Å². The first kappa shape index (κ1) is 33.5. The van der Waals surface area contributed by atoms with Crippen LogP contribution in [0.25, 0.3) is 0 Å². The second-order valence-corrected chi connectivity index (χ2v) is 11.7. The number of para-hydroxylation sites is 1. The van der Waals surface area contributed by atoms with Crippen LogP contribution in [0.4, 0.5) is 15.3 Å². The van der Waals surface area contributed by atoms with Crippen molar-refractivity contribution in [3.8, 4) is 5.75 Å². The fourth-order valence-electron chi connectivity index (χ4n) is 4.85. The molecule has 1 heterocycles. The van der Waals surface area contributed by atoms with Crippen molar-refractivity contribution in [1.29, 1.82) is 0 Å². The van der Waals surface area contributed by atoms with Gasteiger partial charge in [-0.2, -0.15) is 0 Å². The van der Waals surface area contributed by atoms with Gasteiger partial charge in [-0.3, -0.25) is 14.9 Å². The molecule has 4 rings (SSSR count). The van der Waals surface area contributed by atoms with E-state index in [0.29, 0.717) is 29.2 Å². The molecule has 12 heteroatoms. The predicted molar refractivity (Wildman–Crippen MR) is 169 cm³/mol. The zero-order chi connectivity index (χ0) is 33.3. The molecule has 4 N–H and O–H groups in total. The molecule has 3 aromatic rings. The number of hydrogen-bond acceptors (Lipinski definition) is 8. The SMILES string of the molecule is COC(=O)[C@H](CC1C(=O)Nc2ccccc21)NC(=O)NC(=O)[C@H](Cc1ccc(OCc2ccccc2)cc1)NC(=O)OC(C)(C)C. The Hall–Kier alpha value is -5.39. The number of carbonyl (C=O) groups is 5. The topological polar surface area (TPSA) is 161 Å². The summed E-state index contributed by atoms with van der Waals surface area (Å²) in [5.74, 6) is -2.08. The number of esters is 1. The molecular weight excluding hydrogens is 592 g/mol. The summed E-state index contributed by atoms with van der Waals surface area (Å²) in [5.41, 5.74) is 2.14. The van der Waals surface area contributed by atoms with Crippen LogP contribution < -0.4 is 26.0 Å². The van der Waals surface area contributed by atoms with E-state index in [1.165, 1.54) is 0 Å². The van der Waals surface area contributed by atoms with Gasteiger partial charge in [-0.05, 0) is 62.1 Å². The van der Waals surface area contributed by atoms with Gasteiger partial charge in [0.1, 0.15) is 30.0 Å². The molecule has 0 saturated heterocycles. The molecule has 12 nitrogen and oxygen atoms in total. The normalized spacial score (nSPS) is 15.0. The number of anilines is 1. The summed E-state index contributed by atoms with van der Waals surface area (Å²) in [6.07, 6.45) is -0.944. The lowest BCUT2D eigenvalue weighted by Crippen LogP contribution is -2.55. The van der Waals surface area contributed by atoms with Gasteiger partial charge in [0.2, 0.25) is 5.91 Å². The van der Waals surface area contributed by atoms with E-state index >= 15 is 0 Å². The fourth-order valence-corrected chi connectivity index (χ4v) is 4.85. The Morgan fingerprint density at radius 1 is 0.848 bits per heavy atom. The lowest BCUT2D eigenvalue weighted by Gasteiger charge is -2.24. The molecule has 0 aromatic heterocycles. The Labute approximate surface area is 267 Å². The van der Waals surface area contributed by atoms with Crippen LogP contribution in [-0.2, 0) is 36.9 Å². The second-order valence-electron chi connectivity index (χ2n) is 11.7. The van der Waals surface area contributed by atoms with Crippen LogP contribution in [0.1, 0.15) is 49.8 Å². The largest absolute Gasteiger partial charge is 0.489 e. The lowest BCUT2D eigenvalue weighted by molar-refractivity contribution is -0.143. The van der Waals surface area contributed by atoms with Gasteiger partial charge in [-0.1, -0.05) is 60.7 Å². The van der Waals surface area contributed by atoms with E-state index in [4.69, 9.17) is 14.2 Å². The van der Waals surface area contributed by atoms with E-state index in [1.54, 1.807) is 69.3 Å². The number of ether oxygens (including phenoxy) is 3. The summed E-state index contributed by atoms with van der Waals surface area (Å²) in [6.45, 7) is 5.42. The van der Waals surface area contributed by atoms with Crippen LogP contribution in [0.5, 0.6) is 5.75 Å². The molecule has 242 valence electrons. The number of benzene rings is 3. The number of amides is 5. The van der Waals surface area contributed by atoms with Gasteiger partial charge in [0.05, 0.1) is 13.0 Å². The maximum absolute atomic E-state index is 13.3. The number of imide groups is 1. The molecule has 1 aliphatic rings. The molecule has 0 saturated carbocycles. The van der Waals surface area contributed by atoms with E-state index in [1.807, 2.05) is 30.3 Å². The first-order valence-electron chi connectivity index (χ1n) is 14.8. The highest BCUT2D eigenvalue weighted by Gasteiger charge is 2.36. The maximum Gasteiger partial charge on any atom is 0.408 e. The number of rotatable bonds is 11. The van der Waals surface area contributed by atoms with Gasteiger partial charge in [0.15, 0.2) is 0 Å². The number of methoxy groups -OCH3 is 1. The molecule has 5 amide bonds. The van der Waals surface area contributed by atoms with Crippen molar-refractivity contribution in [2.75, 3.05) is 12.4 Å². The van der Waals surface area contributed by atoms with Gasteiger partial charge in [0, 0.05) is 12.1 Å². The Morgan fingerprint density at radius 2 is 1.52 bits per heavy atom. The van der Waals surface area contributed by atoms with Crippen LogP contribution in [0.15, 0.2) is 78.9 Å². The number of hydrogen-bond donors (Lipinski definition) is 4. The van der Waals surface area contributed by atoms with Crippen molar-refractivity contribution in [2.24, 2.45) is 0 Å². The third kappa shape index (κ3) is 9.55. The third-order valence-electron chi connectivity index (χ3n) is 7.03. The Bertz CT molecular complexity index is 1550. The highest BCUT2D eigenvalue weighted by molar-refractivity contribution is 6.03. The quantitative estimate of drug-likeness (QED) is 0.229. The number of fused-ring (bicyclic) bond motifs is 1. The standard InChI is InChI=1S/C34H38N4O8/c1-34(2,3)46-33(43)37-27(18-21-14-16-23(17-15-21)45-20-22-10-6-5-7-11-22)30(40)38-32(42)36-28(31(41)44-4)19-25-24-12-8-9-13-26(24)35-29(25)39/h5-17,25,27-28H,18-20H2,1-4H3,(H,35,39)(H,37,43)(H2,36,38,40,42)/t25?,27-,28-/m0/s1. The fraction of sp³-hybridized carbons (Fsp3) is 0.324. The summed E-state index contributed by atoms with van der Waals surface area (Å²) in [5, 5.41) is 9.90. The van der Waals surface area contributed by atoms with Gasteiger partial charge >= 0.3 is 18.1 Å². The molecule has 1 aliphatic heterocycles. The van der Waals surface area contributed by atoms with E-state index in [9.17, 15) is 24.0 Å². The summed E-state index contributed by atoms with van der Waals surface area (Å²) in [4.78, 5) is 64.1. The Morgan fingerprint density at radius 3 is 2.20 bits per heavy atom. The number of urea groups is 1. The molecule has 0 fully saturated rings. The lowest BCUT2D eigenvalue weighted by atomic mass is 9.93. The Kier molecular flexibility index (Phi) is 11.0. The van der Waals surface area contributed by atoms with E-state index < -0.39 is 47.6 Å². The van der Waals surface area contributed by atoms with Crippen LogP contribution >= 0.6 is 0 Å². The van der Waals surface area contributed by atoms with Gasteiger partial charge < -0.3 is 30.2 Å². The molecule has 0 spiro atoms. The van der Waals surface area contributed by atoms with Crippen molar-refractivity contribution in [1.82, 2.24) is 16.0 Å². The van der Waals surface area contributed by atoms with Crippen molar-refractivity contribution < 1.29 is 38.2 Å². The summed E-state index contributed by atoms with van der Waals surface area (Å²) < 4.78 is 16.0. The van der Waals surface area contributed by atoms with Gasteiger partial charge in [-0.15, -0.1) is 0 Å².